The number of alkyl halides is 3. The molecule has 10 heteroatoms. The van der Waals surface area contributed by atoms with Crippen LogP contribution in [0.15, 0.2) is 24.3 Å². The molecule has 1 atom stereocenters. The molecule has 1 heterocycles. The van der Waals surface area contributed by atoms with E-state index in [2.05, 4.69) is 15.4 Å². The number of sulfone groups is 1. The lowest BCUT2D eigenvalue weighted by molar-refractivity contribution is -0.274. The number of ether oxygens (including phenoxy) is 1. The highest BCUT2D eigenvalue weighted by molar-refractivity contribution is 7.91. The van der Waals surface area contributed by atoms with E-state index in [0.717, 1.165) is 12.1 Å². The molecule has 2 rings (SSSR count). The normalized spacial score (nSPS) is 22.8. The van der Waals surface area contributed by atoms with Gasteiger partial charge in [-0.15, -0.1) is 13.2 Å². The maximum absolute atomic E-state index is 12.0. The maximum Gasteiger partial charge on any atom is 0.573 e. The van der Waals surface area contributed by atoms with Crippen LogP contribution in [-0.2, 0) is 14.6 Å². The largest absolute Gasteiger partial charge is 0.573 e. The molecule has 0 saturated carbocycles. The minimum absolute atomic E-state index is 0.0396. The number of rotatable bonds is 5. The van der Waals surface area contributed by atoms with Crippen LogP contribution in [0.3, 0.4) is 0 Å². The third kappa shape index (κ3) is 5.59. The number of hydrogen-bond acceptors (Lipinski definition) is 5. The summed E-state index contributed by atoms with van der Waals surface area (Å²) in [7, 11) is -3.13. The van der Waals surface area contributed by atoms with E-state index in [9.17, 15) is 26.4 Å². The molecule has 134 valence electrons. The number of carbonyl (C=O) groups is 1. The number of carbonyl (C=O) groups excluding carboxylic acids is 1. The van der Waals surface area contributed by atoms with Crippen molar-refractivity contribution in [2.75, 3.05) is 23.4 Å². The fourth-order valence-corrected chi connectivity index (χ4v) is 4.54. The SMILES string of the molecule is CC1(NC(=O)CNc2ccc(OC(F)(F)F)cc2)CCS(=O)(=O)C1. The maximum atomic E-state index is 12.0. The molecule has 24 heavy (non-hydrogen) atoms. The third-order valence-electron chi connectivity index (χ3n) is 3.49. The second-order valence-corrected chi connectivity index (χ2v) is 8.06. The standard InChI is InChI=1S/C14H17F3N2O4S/c1-13(6-7-24(21,22)9-13)19-12(20)8-18-10-2-4-11(5-3-10)23-14(15,16)17/h2-5,18H,6-9H2,1H3,(H,19,20). The molecule has 0 aromatic heterocycles. The van der Waals surface area contributed by atoms with Gasteiger partial charge >= 0.3 is 6.36 Å². The summed E-state index contributed by atoms with van der Waals surface area (Å²) >= 11 is 0. The Balaban J connectivity index is 1.84. The molecule has 1 fully saturated rings. The van der Waals surface area contributed by atoms with Gasteiger partial charge in [-0.3, -0.25) is 4.79 Å². The number of hydrogen-bond donors (Lipinski definition) is 2. The highest BCUT2D eigenvalue weighted by Crippen LogP contribution is 2.24. The average molecular weight is 366 g/mol. The molecule has 1 aromatic carbocycles. The summed E-state index contributed by atoms with van der Waals surface area (Å²) in [4.78, 5) is 11.9. The third-order valence-corrected chi connectivity index (χ3v) is 5.39. The summed E-state index contributed by atoms with van der Waals surface area (Å²) in [5.41, 5.74) is -0.356. The molecule has 0 radical (unpaired) electrons. The molecular formula is C14H17F3N2O4S. The molecule has 6 nitrogen and oxygen atoms in total. The van der Waals surface area contributed by atoms with Gasteiger partial charge in [0.2, 0.25) is 5.91 Å². The molecule has 0 spiro atoms. The first-order valence-electron chi connectivity index (χ1n) is 7.08. The van der Waals surface area contributed by atoms with Crippen molar-refractivity contribution in [3.05, 3.63) is 24.3 Å². The van der Waals surface area contributed by atoms with Crippen LogP contribution in [0, 0.1) is 0 Å². The molecule has 1 amide bonds. The Kier molecular flexibility index (Phi) is 4.97. The summed E-state index contributed by atoms with van der Waals surface area (Å²) in [6.07, 6.45) is -4.41. The summed E-state index contributed by atoms with van der Waals surface area (Å²) < 4.78 is 62.8. The fraction of sp³-hybridized carbons (Fsp3) is 0.500. The lowest BCUT2D eigenvalue weighted by Gasteiger charge is -2.24. The van der Waals surface area contributed by atoms with Crippen LogP contribution in [0.2, 0.25) is 0 Å². The fourth-order valence-electron chi connectivity index (χ4n) is 2.45. The van der Waals surface area contributed by atoms with E-state index in [1.54, 1.807) is 6.92 Å². The van der Waals surface area contributed by atoms with Crippen molar-refractivity contribution in [1.29, 1.82) is 0 Å². The number of benzene rings is 1. The number of halogens is 3. The van der Waals surface area contributed by atoms with Crippen LogP contribution in [0.25, 0.3) is 0 Å². The highest BCUT2D eigenvalue weighted by atomic mass is 32.2. The predicted octanol–water partition coefficient (Wildman–Crippen LogP) is 1.69. The van der Waals surface area contributed by atoms with Gasteiger partial charge in [0.25, 0.3) is 0 Å². The van der Waals surface area contributed by atoms with Gasteiger partial charge in [0.05, 0.1) is 23.6 Å². The lowest BCUT2D eigenvalue weighted by Crippen LogP contribution is -2.48. The Bertz CT molecular complexity index is 704. The Morgan fingerprint density at radius 3 is 2.42 bits per heavy atom. The van der Waals surface area contributed by atoms with Crippen LogP contribution < -0.4 is 15.4 Å². The molecule has 1 saturated heterocycles. The van der Waals surface area contributed by atoms with Crippen LogP contribution >= 0.6 is 0 Å². The molecule has 2 N–H and O–H groups in total. The molecule has 0 aliphatic carbocycles. The van der Waals surface area contributed by atoms with Gasteiger partial charge in [0.15, 0.2) is 9.84 Å². The first-order valence-corrected chi connectivity index (χ1v) is 8.90. The highest BCUT2D eigenvalue weighted by Gasteiger charge is 2.39. The van der Waals surface area contributed by atoms with Crippen molar-refractivity contribution in [1.82, 2.24) is 5.32 Å². The smallest absolute Gasteiger partial charge is 0.406 e. The molecule has 1 aromatic rings. The number of anilines is 1. The molecule has 0 bridgehead atoms. The van der Waals surface area contributed by atoms with Gasteiger partial charge in [0.1, 0.15) is 5.75 Å². The van der Waals surface area contributed by atoms with Gasteiger partial charge in [0, 0.05) is 5.69 Å². The second-order valence-electron chi connectivity index (χ2n) is 5.88. The number of amides is 1. The summed E-state index contributed by atoms with van der Waals surface area (Å²) in [5, 5.41) is 5.42. The van der Waals surface area contributed by atoms with E-state index in [0.29, 0.717) is 12.1 Å². The van der Waals surface area contributed by atoms with Crippen molar-refractivity contribution in [2.24, 2.45) is 0 Å². The topological polar surface area (TPSA) is 84.5 Å². The predicted molar refractivity (Wildman–Crippen MR) is 81.4 cm³/mol. The zero-order valence-corrected chi connectivity index (χ0v) is 13.6. The van der Waals surface area contributed by atoms with Crippen molar-refractivity contribution < 1.29 is 31.1 Å². The second kappa shape index (κ2) is 6.50. The quantitative estimate of drug-likeness (QED) is 0.829. The van der Waals surface area contributed by atoms with Crippen molar-refractivity contribution in [3.63, 3.8) is 0 Å². The molecule has 1 unspecified atom stereocenters. The van der Waals surface area contributed by atoms with Gasteiger partial charge in [-0.1, -0.05) is 0 Å². The first kappa shape index (κ1) is 18.4. The Hall–Kier alpha value is -1.97. The van der Waals surface area contributed by atoms with E-state index in [1.165, 1.54) is 12.1 Å². The zero-order valence-electron chi connectivity index (χ0n) is 12.8. The average Bonchev–Trinajstić information content (AvgIpc) is 2.70. The summed E-state index contributed by atoms with van der Waals surface area (Å²) in [6.45, 7) is 1.54. The van der Waals surface area contributed by atoms with Crippen molar-refractivity contribution in [2.45, 2.75) is 25.2 Å². The monoisotopic (exact) mass is 366 g/mol. The number of nitrogens with one attached hydrogen (secondary N) is 2. The Labute approximate surface area is 137 Å². The van der Waals surface area contributed by atoms with E-state index in [4.69, 9.17) is 0 Å². The minimum Gasteiger partial charge on any atom is -0.406 e. The van der Waals surface area contributed by atoms with E-state index in [1.807, 2.05) is 0 Å². The minimum atomic E-state index is -4.76. The lowest BCUT2D eigenvalue weighted by atomic mass is 10.0. The summed E-state index contributed by atoms with van der Waals surface area (Å²) in [6, 6.07) is 4.93. The Morgan fingerprint density at radius 2 is 1.92 bits per heavy atom. The van der Waals surface area contributed by atoms with Crippen LogP contribution in [0.1, 0.15) is 13.3 Å². The van der Waals surface area contributed by atoms with E-state index in [-0.39, 0.29) is 23.8 Å². The van der Waals surface area contributed by atoms with Crippen LogP contribution in [0.5, 0.6) is 5.75 Å². The first-order chi connectivity index (χ1) is 11.0. The van der Waals surface area contributed by atoms with Gasteiger partial charge < -0.3 is 15.4 Å². The molecular weight excluding hydrogens is 349 g/mol. The van der Waals surface area contributed by atoms with E-state index < -0.39 is 27.6 Å². The van der Waals surface area contributed by atoms with Crippen LogP contribution in [-0.4, -0.2) is 44.3 Å². The Morgan fingerprint density at radius 1 is 1.29 bits per heavy atom. The van der Waals surface area contributed by atoms with Crippen LogP contribution in [0.4, 0.5) is 18.9 Å². The van der Waals surface area contributed by atoms with Crippen molar-refractivity contribution in [3.8, 4) is 5.75 Å². The van der Waals surface area contributed by atoms with Gasteiger partial charge in [-0.05, 0) is 37.6 Å². The molecule has 1 aliphatic rings. The summed E-state index contributed by atoms with van der Waals surface area (Å²) in [5.74, 6) is -0.820. The van der Waals surface area contributed by atoms with Gasteiger partial charge in [-0.2, -0.15) is 0 Å². The zero-order chi connectivity index (χ0) is 18.0. The van der Waals surface area contributed by atoms with Crippen molar-refractivity contribution >= 4 is 21.4 Å². The van der Waals surface area contributed by atoms with Gasteiger partial charge in [-0.25, -0.2) is 8.42 Å². The molecule has 1 aliphatic heterocycles. The van der Waals surface area contributed by atoms with E-state index >= 15 is 0 Å².